The number of carbonyl (C=O) groups is 1. The molecule has 2 aromatic carbocycles. The number of hydrogen-bond acceptors (Lipinski definition) is 5. The highest BCUT2D eigenvalue weighted by Gasteiger charge is 2.29. The van der Waals surface area contributed by atoms with Gasteiger partial charge in [-0.25, -0.2) is 4.79 Å². The third-order valence-corrected chi connectivity index (χ3v) is 4.11. The SMILES string of the molecule is COc1ccc(CC(OC(=O)c2ccc([N+](=O)[O-])cc2)C(C)(C)C)cc1. The lowest BCUT2D eigenvalue weighted by molar-refractivity contribution is -0.384. The summed E-state index contributed by atoms with van der Waals surface area (Å²) in [6.45, 7) is 6.01. The molecule has 0 aromatic heterocycles. The Morgan fingerprint density at radius 2 is 1.65 bits per heavy atom. The van der Waals surface area contributed by atoms with E-state index in [0.29, 0.717) is 12.0 Å². The van der Waals surface area contributed by atoms with Gasteiger partial charge in [0.25, 0.3) is 5.69 Å². The number of non-ortho nitro benzene ring substituents is 1. The number of rotatable bonds is 6. The summed E-state index contributed by atoms with van der Waals surface area (Å²) in [5, 5.41) is 10.7. The summed E-state index contributed by atoms with van der Waals surface area (Å²) in [5.41, 5.74) is 0.991. The number of nitro benzene ring substituents is 1. The van der Waals surface area contributed by atoms with Crippen LogP contribution in [0.15, 0.2) is 48.5 Å². The van der Waals surface area contributed by atoms with Crippen molar-refractivity contribution in [3.63, 3.8) is 0 Å². The maximum atomic E-state index is 12.5. The molecule has 0 saturated carbocycles. The first-order valence-electron chi connectivity index (χ1n) is 8.29. The van der Waals surface area contributed by atoms with Crippen molar-refractivity contribution >= 4 is 11.7 Å². The first-order valence-corrected chi connectivity index (χ1v) is 8.29. The van der Waals surface area contributed by atoms with Crippen LogP contribution in [0.5, 0.6) is 5.75 Å². The van der Waals surface area contributed by atoms with E-state index in [9.17, 15) is 14.9 Å². The Balaban J connectivity index is 2.13. The first kappa shape index (κ1) is 19.4. The summed E-state index contributed by atoms with van der Waals surface area (Å²) >= 11 is 0. The van der Waals surface area contributed by atoms with Crippen LogP contribution in [0.4, 0.5) is 5.69 Å². The Kier molecular flexibility index (Phi) is 5.97. The zero-order chi connectivity index (χ0) is 19.3. The van der Waals surface area contributed by atoms with E-state index < -0.39 is 10.9 Å². The van der Waals surface area contributed by atoms with Crippen molar-refractivity contribution in [1.29, 1.82) is 0 Å². The van der Waals surface area contributed by atoms with E-state index in [2.05, 4.69) is 0 Å². The normalized spacial score (nSPS) is 12.3. The number of nitro groups is 1. The molecule has 0 aliphatic rings. The minimum absolute atomic E-state index is 0.0628. The van der Waals surface area contributed by atoms with E-state index in [1.165, 1.54) is 24.3 Å². The standard InChI is InChI=1S/C20H23NO5/c1-20(2,3)18(13-14-5-11-17(25-4)12-6-14)26-19(22)15-7-9-16(10-8-15)21(23)24/h5-12,18H,13H2,1-4H3. The van der Waals surface area contributed by atoms with Crippen molar-refractivity contribution in [2.24, 2.45) is 5.41 Å². The van der Waals surface area contributed by atoms with E-state index in [1.54, 1.807) is 7.11 Å². The first-order chi connectivity index (χ1) is 12.2. The minimum atomic E-state index is -0.503. The highest BCUT2D eigenvalue weighted by atomic mass is 16.6. The molecule has 138 valence electrons. The van der Waals surface area contributed by atoms with Crippen molar-refractivity contribution in [1.82, 2.24) is 0 Å². The van der Waals surface area contributed by atoms with Crippen molar-refractivity contribution in [2.75, 3.05) is 7.11 Å². The Labute approximate surface area is 152 Å². The molecule has 0 fully saturated rings. The maximum absolute atomic E-state index is 12.5. The van der Waals surface area contributed by atoms with Crippen molar-refractivity contribution in [2.45, 2.75) is 33.3 Å². The Morgan fingerprint density at radius 3 is 2.12 bits per heavy atom. The summed E-state index contributed by atoms with van der Waals surface area (Å²) in [4.78, 5) is 22.7. The summed E-state index contributed by atoms with van der Waals surface area (Å²) < 4.78 is 10.9. The molecule has 6 nitrogen and oxygen atoms in total. The van der Waals surface area contributed by atoms with Gasteiger partial charge >= 0.3 is 5.97 Å². The van der Waals surface area contributed by atoms with Crippen molar-refractivity contribution in [3.05, 3.63) is 69.8 Å². The Hall–Kier alpha value is -2.89. The molecule has 0 heterocycles. The number of nitrogens with zero attached hydrogens (tertiary/aromatic N) is 1. The number of ether oxygens (including phenoxy) is 2. The molecule has 2 rings (SSSR count). The largest absolute Gasteiger partial charge is 0.497 e. The second kappa shape index (κ2) is 7.99. The summed E-state index contributed by atoms with van der Waals surface area (Å²) in [6.07, 6.45) is 0.213. The van der Waals surface area contributed by atoms with E-state index in [0.717, 1.165) is 11.3 Å². The van der Waals surface area contributed by atoms with Crippen molar-refractivity contribution in [3.8, 4) is 5.75 Å². The van der Waals surface area contributed by atoms with Gasteiger partial charge in [0.15, 0.2) is 0 Å². The number of hydrogen-bond donors (Lipinski definition) is 0. The monoisotopic (exact) mass is 357 g/mol. The third kappa shape index (κ3) is 5.05. The second-order valence-corrected chi connectivity index (χ2v) is 7.12. The van der Waals surface area contributed by atoms with Crippen LogP contribution in [-0.4, -0.2) is 24.1 Å². The molecule has 0 N–H and O–H groups in total. The van der Waals surface area contributed by atoms with Gasteiger partial charge in [0.1, 0.15) is 11.9 Å². The Morgan fingerprint density at radius 1 is 1.08 bits per heavy atom. The lowest BCUT2D eigenvalue weighted by atomic mass is 9.85. The summed E-state index contributed by atoms with van der Waals surface area (Å²) in [5.74, 6) is 0.275. The molecule has 1 atom stereocenters. The van der Waals surface area contributed by atoms with Crippen LogP contribution >= 0.6 is 0 Å². The van der Waals surface area contributed by atoms with Crippen LogP contribution in [0.3, 0.4) is 0 Å². The molecular formula is C20H23NO5. The van der Waals surface area contributed by atoms with Crippen LogP contribution in [0, 0.1) is 15.5 Å². The average Bonchev–Trinajstić information content (AvgIpc) is 2.61. The summed E-state index contributed by atoms with van der Waals surface area (Å²) in [7, 11) is 1.61. The quantitative estimate of drug-likeness (QED) is 0.434. The third-order valence-electron chi connectivity index (χ3n) is 4.11. The van der Waals surface area contributed by atoms with Crippen LogP contribution < -0.4 is 4.74 Å². The number of esters is 1. The molecule has 0 bridgehead atoms. The zero-order valence-electron chi connectivity index (χ0n) is 15.4. The molecule has 0 saturated heterocycles. The molecule has 26 heavy (non-hydrogen) atoms. The fourth-order valence-electron chi connectivity index (χ4n) is 2.42. The van der Waals surface area contributed by atoms with Crippen LogP contribution in [0.25, 0.3) is 0 Å². The number of benzene rings is 2. The van der Waals surface area contributed by atoms with Gasteiger partial charge in [-0.1, -0.05) is 32.9 Å². The fraction of sp³-hybridized carbons (Fsp3) is 0.350. The molecule has 0 aliphatic heterocycles. The fourth-order valence-corrected chi connectivity index (χ4v) is 2.42. The van der Waals surface area contributed by atoms with E-state index in [4.69, 9.17) is 9.47 Å². The summed E-state index contributed by atoms with van der Waals surface area (Å²) in [6, 6.07) is 13.0. The molecule has 0 radical (unpaired) electrons. The van der Waals surface area contributed by atoms with Gasteiger partial charge in [0, 0.05) is 18.6 Å². The lowest BCUT2D eigenvalue weighted by Crippen LogP contribution is -2.33. The van der Waals surface area contributed by atoms with Gasteiger partial charge in [-0.15, -0.1) is 0 Å². The van der Waals surface area contributed by atoms with E-state index >= 15 is 0 Å². The smallest absolute Gasteiger partial charge is 0.338 e. The molecule has 1 unspecified atom stereocenters. The van der Waals surface area contributed by atoms with Crippen LogP contribution in [0.2, 0.25) is 0 Å². The van der Waals surface area contributed by atoms with Gasteiger partial charge in [0.2, 0.25) is 0 Å². The van der Waals surface area contributed by atoms with Crippen LogP contribution in [-0.2, 0) is 11.2 Å². The molecule has 0 aliphatic carbocycles. The molecule has 0 spiro atoms. The van der Waals surface area contributed by atoms with Gasteiger partial charge in [-0.2, -0.15) is 0 Å². The van der Waals surface area contributed by atoms with E-state index in [-0.39, 0.29) is 17.2 Å². The van der Waals surface area contributed by atoms with Gasteiger partial charge in [0.05, 0.1) is 17.6 Å². The minimum Gasteiger partial charge on any atom is -0.497 e. The van der Waals surface area contributed by atoms with E-state index in [1.807, 2.05) is 45.0 Å². The van der Waals surface area contributed by atoms with Crippen molar-refractivity contribution < 1.29 is 19.2 Å². The predicted octanol–water partition coefficient (Wildman–Crippen LogP) is 4.42. The molecule has 2 aromatic rings. The van der Waals surface area contributed by atoms with Crippen LogP contribution in [0.1, 0.15) is 36.7 Å². The van der Waals surface area contributed by atoms with Gasteiger partial charge < -0.3 is 9.47 Å². The molecule has 6 heteroatoms. The topological polar surface area (TPSA) is 78.7 Å². The number of carbonyl (C=O) groups excluding carboxylic acids is 1. The maximum Gasteiger partial charge on any atom is 0.338 e. The molecular weight excluding hydrogens is 334 g/mol. The van der Waals surface area contributed by atoms with Gasteiger partial charge in [-0.05, 0) is 35.2 Å². The number of methoxy groups -OCH3 is 1. The highest BCUT2D eigenvalue weighted by Crippen LogP contribution is 2.27. The van der Waals surface area contributed by atoms with Gasteiger partial charge in [-0.3, -0.25) is 10.1 Å². The zero-order valence-corrected chi connectivity index (χ0v) is 15.4. The second-order valence-electron chi connectivity index (χ2n) is 7.12. The molecule has 0 amide bonds. The highest BCUT2D eigenvalue weighted by molar-refractivity contribution is 5.89. The predicted molar refractivity (Wildman–Crippen MR) is 98.5 cm³/mol. The average molecular weight is 357 g/mol. The Bertz CT molecular complexity index is 760. The lowest BCUT2D eigenvalue weighted by Gasteiger charge is -2.30.